The molecule has 2 N–H and O–H groups in total. The number of imide groups is 1. The molecule has 5 heteroatoms. The van der Waals surface area contributed by atoms with Crippen LogP contribution < -0.4 is 5.73 Å². The lowest BCUT2D eigenvalue weighted by Gasteiger charge is -2.23. The quantitative estimate of drug-likeness (QED) is 0.651. The van der Waals surface area contributed by atoms with Crippen LogP contribution in [0.4, 0.5) is 4.79 Å². The van der Waals surface area contributed by atoms with E-state index < -0.39 is 0 Å². The molecule has 0 saturated carbocycles. The molecule has 0 spiro atoms. The molecule has 0 aliphatic carbocycles. The van der Waals surface area contributed by atoms with E-state index in [0.29, 0.717) is 13.1 Å². The van der Waals surface area contributed by atoms with Crippen molar-refractivity contribution in [2.24, 2.45) is 5.73 Å². The number of hydrogen-bond donors (Lipinski definition) is 1. The standard InChI is InChI=1S/C9H17N3O2/c1-6(2)12-7(3)8(13)11(5-4-10)9(12)14/h6-7H,4-5,10H2,1-3H3. The molecular formula is C9H17N3O2. The van der Waals surface area contributed by atoms with Crippen LogP contribution in [-0.2, 0) is 4.79 Å². The number of nitrogens with zero attached hydrogens (tertiary/aromatic N) is 2. The van der Waals surface area contributed by atoms with Gasteiger partial charge in [-0.2, -0.15) is 0 Å². The molecule has 80 valence electrons. The first kappa shape index (κ1) is 11.0. The molecule has 0 bridgehead atoms. The van der Waals surface area contributed by atoms with Gasteiger partial charge in [0.05, 0.1) is 0 Å². The fourth-order valence-electron chi connectivity index (χ4n) is 1.75. The zero-order chi connectivity index (χ0) is 10.9. The topological polar surface area (TPSA) is 66.6 Å². The van der Waals surface area contributed by atoms with Crippen LogP contribution in [0.25, 0.3) is 0 Å². The molecule has 0 aromatic rings. The van der Waals surface area contributed by atoms with Crippen LogP contribution in [0.5, 0.6) is 0 Å². The highest BCUT2D eigenvalue weighted by Gasteiger charge is 2.42. The molecule has 1 aliphatic heterocycles. The molecule has 3 amide bonds. The maximum Gasteiger partial charge on any atom is 0.327 e. The van der Waals surface area contributed by atoms with E-state index >= 15 is 0 Å². The van der Waals surface area contributed by atoms with E-state index in [9.17, 15) is 9.59 Å². The molecule has 14 heavy (non-hydrogen) atoms. The number of hydrogen-bond acceptors (Lipinski definition) is 3. The summed E-state index contributed by atoms with van der Waals surface area (Å²) in [5.74, 6) is -0.144. The van der Waals surface area contributed by atoms with Crippen LogP contribution in [0.3, 0.4) is 0 Å². The average molecular weight is 199 g/mol. The summed E-state index contributed by atoms with van der Waals surface area (Å²) >= 11 is 0. The number of carbonyl (C=O) groups excluding carboxylic acids is 2. The number of amides is 3. The molecule has 1 aliphatic rings. The Morgan fingerprint density at radius 3 is 2.36 bits per heavy atom. The summed E-state index contributed by atoms with van der Waals surface area (Å²) in [6.07, 6.45) is 0. The second-order valence-electron chi connectivity index (χ2n) is 3.74. The van der Waals surface area contributed by atoms with Crippen molar-refractivity contribution in [3.63, 3.8) is 0 Å². The number of carbonyl (C=O) groups is 2. The van der Waals surface area contributed by atoms with Crippen molar-refractivity contribution in [1.82, 2.24) is 9.80 Å². The van der Waals surface area contributed by atoms with Gasteiger partial charge in [0.1, 0.15) is 6.04 Å². The Labute approximate surface area is 83.8 Å². The molecule has 1 atom stereocenters. The second-order valence-corrected chi connectivity index (χ2v) is 3.74. The Kier molecular flexibility index (Phi) is 3.10. The van der Waals surface area contributed by atoms with Gasteiger partial charge in [-0.05, 0) is 20.8 Å². The van der Waals surface area contributed by atoms with Gasteiger partial charge in [0, 0.05) is 19.1 Å². The fraction of sp³-hybridized carbons (Fsp3) is 0.778. The molecule has 1 rings (SSSR count). The number of rotatable bonds is 3. The highest BCUT2D eigenvalue weighted by molar-refractivity contribution is 6.04. The summed E-state index contributed by atoms with van der Waals surface area (Å²) in [4.78, 5) is 26.2. The normalized spacial score (nSPS) is 22.8. The van der Waals surface area contributed by atoms with E-state index in [2.05, 4.69) is 0 Å². The third-order valence-corrected chi connectivity index (χ3v) is 2.40. The molecule has 1 saturated heterocycles. The predicted octanol–water partition coefficient (Wildman–Crippen LogP) is 0.00620. The minimum Gasteiger partial charge on any atom is -0.329 e. The van der Waals surface area contributed by atoms with Crippen molar-refractivity contribution >= 4 is 11.9 Å². The maximum absolute atomic E-state index is 11.7. The molecule has 1 fully saturated rings. The van der Waals surface area contributed by atoms with Crippen molar-refractivity contribution in [3.8, 4) is 0 Å². The Morgan fingerprint density at radius 2 is 2.00 bits per heavy atom. The maximum atomic E-state index is 11.7. The fourth-order valence-corrected chi connectivity index (χ4v) is 1.75. The van der Waals surface area contributed by atoms with Crippen molar-refractivity contribution in [1.29, 1.82) is 0 Å². The summed E-state index contributed by atoms with van der Waals surface area (Å²) in [6, 6.07) is -0.527. The zero-order valence-electron chi connectivity index (χ0n) is 8.86. The van der Waals surface area contributed by atoms with Crippen LogP contribution in [0.2, 0.25) is 0 Å². The Balaban J connectivity index is 2.85. The number of urea groups is 1. The third kappa shape index (κ3) is 1.59. The monoisotopic (exact) mass is 199 g/mol. The minimum absolute atomic E-state index is 0.0456. The highest BCUT2D eigenvalue weighted by Crippen LogP contribution is 2.19. The molecular weight excluding hydrogens is 182 g/mol. The van der Waals surface area contributed by atoms with Crippen LogP contribution in [0.15, 0.2) is 0 Å². The van der Waals surface area contributed by atoms with E-state index in [4.69, 9.17) is 5.73 Å². The molecule has 1 heterocycles. The van der Waals surface area contributed by atoms with Crippen LogP contribution in [-0.4, -0.2) is 46.9 Å². The molecule has 0 aromatic heterocycles. The lowest BCUT2D eigenvalue weighted by atomic mass is 10.2. The lowest BCUT2D eigenvalue weighted by molar-refractivity contribution is -0.127. The van der Waals surface area contributed by atoms with Gasteiger partial charge in [-0.3, -0.25) is 9.69 Å². The van der Waals surface area contributed by atoms with Crippen molar-refractivity contribution in [2.45, 2.75) is 32.9 Å². The number of nitrogens with two attached hydrogens (primary N) is 1. The van der Waals surface area contributed by atoms with E-state index in [1.807, 2.05) is 13.8 Å². The van der Waals surface area contributed by atoms with Gasteiger partial charge in [-0.25, -0.2) is 4.79 Å². The summed E-state index contributed by atoms with van der Waals surface area (Å²) in [6.45, 7) is 6.17. The van der Waals surface area contributed by atoms with Gasteiger partial charge in [-0.15, -0.1) is 0 Å². The summed E-state index contributed by atoms with van der Waals surface area (Å²) < 4.78 is 0. The lowest BCUT2D eigenvalue weighted by Crippen LogP contribution is -2.40. The Morgan fingerprint density at radius 1 is 1.43 bits per heavy atom. The van der Waals surface area contributed by atoms with Crippen LogP contribution in [0, 0.1) is 0 Å². The third-order valence-electron chi connectivity index (χ3n) is 2.40. The first-order valence-electron chi connectivity index (χ1n) is 4.84. The smallest absolute Gasteiger partial charge is 0.327 e. The minimum atomic E-state index is -0.353. The summed E-state index contributed by atoms with van der Waals surface area (Å²) in [5, 5.41) is 0. The zero-order valence-corrected chi connectivity index (χ0v) is 8.86. The molecule has 0 aromatic carbocycles. The average Bonchev–Trinajstić information content (AvgIpc) is 2.30. The van der Waals surface area contributed by atoms with Crippen molar-refractivity contribution in [3.05, 3.63) is 0 Å². The van der Waals surface area contributed by atoms with E-state index in [0.717, 1.165) is 0 Å². The van der Waals surface area contributed by atoms with Crippen LogP contribution >= 0.6 is 0 Å². The highest BCUT2D eigenvalue weighted by atomic mass is 16.2. The first-order chi connectivity index (χ1) is 6.50. The molecule has 5 nitrogen and oxygen atoms in total. The second kappa shape index (κ2) is 3.96. The Hall–Kier alpha value is -1.10. The van der Waals surface area contributed by atoms with Gasteiger partial charge >= 0.3 is 6.03 Å². The van der Waals surface area contributed by atoms with E-state index in [1.54, 1.807) is 11.8 Å². The van der Waals surface area contributed by atoms with Gasteiger partial charge in [0.25, 0.3) is 5.91 Å². The summed E-state index contributed by atoms with van der Waals surface area (Å²) in [5.41, 5.74) is 5.34. The summed E-state index contributed by atoms with van der Waals surface area (Å²) in [7, 11) is 0. The van der Waals surface area contributed by atoms with Gasteiger partial charge in [0.2, 0.25) is 0 Å². The van der Waals surface area contributed by atoms with Gasteiger partial charge in [0.15, 0.2) is 0 Å². The van der Waals surface area contributed by atoms with Crippen molar-refractivity contribution < 1.29 is 9.59 Å². The SMILES string of the molecule is CC(C)N1C(=O)N(CCN)C(=O)C1C. The van der Waals surface area contributed by atoms with E-state index in [-0.39, 0.29) is 24.0 Å². The van der Waals surface area contributed by atoms with Gasteiger partial charge < -0.3 is 10.6 Å². The molecule has 0 radical (unpaired) electrons. The Bertz CT molecular complexity index is 252. The largest absolute Gasteiger partial charge is 0.329 e. The predicted molar refractivity (Wildman–Crippen MR) is 52.6 cm³/mol. The van der Waals surface area contributed by atoms with E-state index in [1.165, 1.54) is 4.90 Å². The molecule has 1 unspecified atom stereocenters. The first-order valence-corrected chi connectivity index (χ1v) is 4.84. The van der Waals surface area contributed by atoms with Crippen LogP contribution in [0.1, 0.15) is 20.8 Å². The van der Waals surface area contributed by atoms with Gasteiger partial charge in [-0.1, -0.05) is 0 Å². The van der Waals surface area contributed by atoms with Crippen molar-refractivity contribution in [2.75, 3.05) is 13.1 Å².